The van der Waals surface area contributed by atoms with Gasteiger partial charge in [-0.2, -0.15) is 0 Å². The van der Waals surface area contributed by atoms with Gasteiger partial charge in [0.1, 0.15) is 5.75 Å². The summed E-state index contributed by atoms with van der Waals surface area (Å²) < 4.78 is 5.82. The fraction of sp³-hybridized carbons (Fsp3) is 0.333. The second-order valence-electron chi connectivity index (χ2n) is 5.34. The fourth-order valence-corrected chi connectivity index (χ4v) is 2.08. The van der Waals surface area contributed by atoms with E-state index in [0.717, 1.165) is 16.9 Å². The monoisotopic (exact) mass is 298 g/mol. The average molecular weight is 298 g/mol. The topological polar surface area (TPSA) is 51.2 Å². The van der Waals surface area contributed by atoms with Crippen molar-refractivity contribution in [2.75, 3.05) is 0 Å². The van der Waals surface area contributed by atoms with E-state index in [1.54, 1.807) is 12.4 Å². The van der Waals surface area contributed by atoms with Crippen molar-refractivity contribution in [2.45, 2.75) is 39.8 Å². The van der Waals surface area contributed by atoms with Crippen molar-refractivity contribution in [1.29, 1.82) is 0 Å². The third-order valence-corrected chi connectivity index (χ3v) is 3.61. The molecule has 2 rings (SSSR count). The fourth-order valence-electron chi connectivity index (χ4n) is 2.08. The minimum atomic E-state index is -0.487. The lowest BCUT2D eigenvalue weighted by Gasteiger charge is -2.18. The van der Waals surface area contributed by atoms with Gasteiger partial charge < -0.3 is 10.1 Å². The van der Waals surface area contributed by atoms with Crippen LogP contribution in [0.25, 0.3) is 0 Å². The number of nitrogens with zero attached hydrogens (tertiary/aromatic N) is 1. The van der Waals surface area contributed by atoms with E-state index in [1.165, 1.54) is 5.56 Å². The molecule has 0 saturated heterocycles. The molecular formula is C18H22N2O2. The molecule has 4 nitrogen and oxygen atoms in total. The first-order valence-electron chi connectivity index (χ1n) is 7.50. The molecule has 1 aromatic heterocycles. The number of benzene rings is 1. The normalized spacial score (nSPS) is 11.8. The van der Waals surface area contributed by atoms with E-state index >= 15 is 0 Å². The highest BCUT2D eigenvalue weighted by molar-refractivity contribution is 5.81. The maximum Gasteiger partial charge on any atom is 0.261 e. The van der Waals surface area contributed by atoms with Gasteiger partial charge in [0.2, 0.25) is 0 Å². The van der Waals surface area contributed by atoms with Crippen molar-refractivity contribution in [3.05, 3.63) is 59.4 Å². The highest BCUT2D eigenvalue weighted by Crippen LogP contribution is 2.18. The van der Waals surface area contributed by atoms with E-state index in [1.807, 2.05) is 44.2 Å². The molecule has 2 aromatic rings. The van der Waals surface area contributed by atoms with Gasteiger partial charge in [0.25, 0.3) is 5.91 Å². The van der Waals surface area contributed by atoms with Crippen LogP contribution in [0.2, 0.25) is 0 Å². The van der Waals surface area contributed by atoms with Gasteiger partial charge in [-0.1, -0.05) is 19.1 Å². The molecule has 1 N–H and O–H groups in total. The summed E-state index contributed by atoms with van der Waals surface area (Å²) in [4.78, 5) is 16.3. The Balaban J connectivity index is 1.95. The Hall–Kier alpha value is -2.36. The van der Waals surface area contributed by atoms with E-state index in [-0.39, 0.29) is 5.91 Å². The summed E-state index contributed by atoms with van der Waals surface area (Å²) in [5.41, 5.74) is 3.33. The zero-order valence-electron chi connectivity index (χ0n) is 13.3. The third kappa shape index (κ3) is 4.32. The quantitative estimate of drug-likeness (QED) is 0.891. The molecule has 1 heterocycles. The van der Waals surface area contributed by atoms with Crippen molar-refractivity contribution in [3.63, 3.8) is 0 Å². The first-order valence-corrected chi connectivity index (χ1v) is 7.50. The molecule has 1 atom stereocenters. The molecule has 0 spiro atoms. The Labute approximate surface area is 131 Å². The van der Waals surface area contributed by atoms with Crippen molar-refractivity contribution in [1.82, 2.24) is 10.3 Å². The molecule has 0 aliphatic rings. The lowest BCUT2D eigenvalue weighted by atomic mass is 10.1. The SMILES string of the molecule is CCC(Oc1ccc(C)c(C)c1)C(=O)NCc1cccnc1. The zero-order valence-corrected chi connectivity index (χ0v) is 13.3. The number of aromatic nitrogens is 1. The highest BCUT2D eigenvalue weighted by Gasteiger charge is 2.18. The number of ether oxygens (including phenoxy) is 1. The van der Waals surface area contributed by atoms with Crippen LogP contribution in [0.5, 0.6) is 5.75 Å². The molecule has 0 fully saturated rings. The van der Waals surface area contributed by atoms with Crippen molar-refractivity contribution in [3.8, 4) is 5.75 Å². The summed E-state index contributed by atoms with van der Waals surface area (Å²) in [5, 5.41) is 2.89. The number of amides is 1. The van der Waals surface area contributed by atoms with Crippen molar-refractivity contribution >= 4 is 5.91 Å². The molecule has 4 heteroatoms. The number of hydrogen-bond donors (Lipinski definition) is 1. The molecule has 1 aromatic carbocycles. The number of hydrogen-bond acceptors (Lipinski definition) is 3. The smallest absolute Gasteiger partial charge is 0.261 e. The largest absolute Gasteiger partial charge is 0.481 e. The number of rotatable bonds is 6. The maximum absolute atomic E-state index is 12.2. The molecular weight excluding hydrogens is 276 g/mol. The van der Waals surface area contributed by atoms with Crippen LogP contribution in [-0.2, 0) is 11.3 Å². The molecule has 116 valence electrons. The van der Waals surface area contributed by atoms with Crippen LogP contribution >= 0.6 is 0 Å². The van der Waals surface area contributed by atoms with E-state index in [9.17, 15) is 4.79 Å². The van der Waals surface area contributed by atoms with Crippen LogP contribution in [0, 0.1) is 13.8 Å². The Morgan fingerprint density at radius 1 is 1.27 bits per heavy atom. The van der Waals surface area contributed by atoms with E-state index in [4.69, 9.17) is 4.74 Å². The summed E-state index contributed by atoms with van der Waals surface area (Å²) in [6.45, 7) is 6.48. The number of nitrogens with one attached hydrogen (secondary N) is 1. The Morgan fingerprint density at radius 2 is 2.09 bits per heavy atom. The van der Waals surface area contributed by atoms with Crippen LogP contribution in [0.15, 0.2) is 42.7 Å². The molecule has 0 radical (unpaired) electrons. The van der Waals surface area contributed by atoms with Crippen LogP contribution in [0.3, 0.4) is 0 Å². The van der Waals surface area contributed by atoms with Crippen LogP contribution in [0.1, 0.15) is 30.0 Å². The number of aryl methyl sites for hydroxylation is 2. The summed E-state index contributed by atoms with van der Waals surface area (Å²) >= 11 is 0. The third-order valence-electron chi connectivity index (χ3n) is 3.61. The van der Waals surface area contributed by atoms with Gasteiger partial charge in [0.05, 0.1) is 0 Å². The van der Waals surface area contributed by atoms with Crippen molar-refractivity contribution < 1.29 is 9.53 Å². The number of carbonyl (C=O) groups is 1. The van der Waals surface area contributed by atoms with Gasteiger partial charge in [-0.25, -0.2) is 0 Å². The summed E-state index contributed by atoms with van der Waals surface area (Å²) in [6.07, 6.45) is 3.58. The van der Waals surface area contributed by atoms with Crippen LogP contribution < -0.4 is 10.1 Å². The van der Waals surface area contributed by atoms with Gasteiger partial charge >= 0.3 is 0 Å². The van der Waals surface area contributed by atoms with Crippen molar-refractivity contribution in [2.24, 2.45) is 0 Å². The Bertz CT molecular complexity index is 626. The summed E-state index contributed by atoms with van der Waals surface area (Å²) in [6, 6.07) is 9.65. The van der Waals surface area contributed by atoms with Gasteiger partial charge in [-0.05, 0) is 55.2 Å². The lowest BCUT2D eigenvalue weighted by Crippen LogP contribution is -2.37. The summed E-state index contributed by atoms with van der Waals surface area (Å²) in [7, 11) is 0. The van der Waals surface area contributed by atoms with E-state index in [0.29, 0.717) is 13.0 Å². The van der Waals surface area contributed by atoms with Crippen LogP contribution in [-0.4, -0.2) is 17.0 Å². The molecule has 1 unspecified atom stereocenters. The second-order valence-corrected chi connectivity index (χ2v) is 5.34. The average Bonchev–Trinajstić information content (AvgIpc) is 2.54. The minimum Gasteiger partial charge on any atom is -0.481 e. The Kier molecular flexibility index (Phi) is 5.53. The van der Waals surface area contributed by atoms with Gasteiger partial charge in [0.15, 0.2) is 6.10 Å². The maximum atomic E-state index is 12.2. The predicted molar refractivity (Wildman–Crippen MR) is 86.7 cm³/mol. The van der Waals surface area contributed by atoms with Gasteiger partial charge in [0, 0.05) is 18.9 Å². The van der Waals surface area contributed by atoms with E-state index in [2.05, 4.69) is 17.2 Å². The van der Waals surface area contributed by atoms with E-state index < -0.39 is 6.10 Å². The van der Waals surface area contributed by atoms with Crippen LogP contribution in [0.4, 0.5) is 0 Å². The zero-order chi connectivity index (χ0) is 15.9. The van der Waals surface area contributed by atoms with Gasteiger partial charge in [-0.15, -0.1) is 0 Å². The standard InChI is InChI=1S/C18H22N2O2/c1-4-17(22-16-8-7-13(2)14(3)10-16)18(21)20-12-15-6-5-9-19-11-15/h5-11,17H,4,12H2,1-3H3,(H,20,21). The lowest BCUT2D eigenvalue weighted by molar-refractivity contribution is -0.128. The summed E-state index contributed by atoms with van der Waals surface area (Å²) in [5.74, 6) is 0.621. The second kappa shape index (κ2) is 7.59. The molecule has 0 aliphatic heterocycles. The minimum absolute atomic E-state index is 0.107. The number of carbonyl (C=O) groups excluding carboxylic acids is 1. The molecule has 0 saturated carbocycles. The highest BCUT2D eigenvalue weighted by atomic mass is 16.5. The Morgan fingerprint density at radius 3 is 2.73 bits per heavy atom. The molecule has 22 heavy (non-hydrogen) atoms. The first-order chi connectivity index (χ1) is 10.6. The molecule has 0 bridgehead atoms. The predicted octanol–water partition coefficient (Wildman–Crippen LogP) is 3.17. The number of pyridine rings is 1. The van der Waals surface area contributed by atoms with Gasteiger partial charge in [-0.3, -0.25) is 9.78 Å². The first kappa shape index (κ1) is 16.0. The molecule has 0 aliphatic carbocycles. The molecule has 1 amide bonds.